The number of amides is 1. The summed E-state index contributed by atoms with van der Waals surface area (Å²) in [6.45, 7) is 1.64. The number of anilines is 2. The Balaban J connectivity index is 1.71. The van der Waals surface area contributed by atoms with Gasteiger partial charge in [0.1, 0.15) is 28.8 Å². The Bertz CT molecular complexity index is 780. The summed E-state index contributed by atoms with van der Waals surface area (Å²) in [5, 5.41) is 0.266. The first-order valence-corrected chi connectivity index (χ1v) is 7.60. The van der Waals surface area contributed by atoms with Crippen LogP contribution in [0.15, 0.2) is 24.5 Å². The van der Waals surface area contributed by atoms with Gasteiger partial charge in [0.05, 0.1) is 5.56 Å². The van der Waals surface area contributed by atoms with Gasteiger partial charge in [0.25, 0.3) is 5.91 Å². The van der Waals surface area contributed by atoms with E-state index < -0.39 is 17.5 Å². The number of piperazine rings is 1. The van der Waals surface area contributed by atoms with Crippen LogP contribution in [0.25, 0.3) is 0 Å². The maximum Gasteiger partial charge on any atom is 0.256 e. The van der Waals surface area contributed by atoms with Crippen LogP contribution in [0.1, 0.15) is 10.4 Å². The fourth-order valence-corrected chi connectivity index (χ4v) is 2.77. The van der Waals surface area contributed by atoms with Crippen molar-refractivity contribution in [3.05, 3.63) is 46.7 Å². The molecule has 0 saturated carbocycles. The molecule has 0 aliphatic carbocycles. The van der Waals surface area contributed by atoms with Gasteiger partial charge < -0.3 is 15.5 Å². The van der Waals surface area contributed by atoms with Crippen LogP contribution < -0.4 is 10.6 Å². The van der Waals surface area contributed by atoms with Crippen LogP contribution in [-0.4, -0.2) is 47.0 Å². The van der Waals surface area contributed by atoms with E-state index in [0.717, 1.165) is 12.1 Å². The maximum absolute atomic E-state index is 13.7. The third-order valence-electron chi connectivity index (χ3n) is 3.83. The highest BCUT2D eigenvalue weighted by molar-refractivity contribution is 6.35. The van der Waals surface area contributed by atoms with Gasteiger partial charge in [-0.1, -0.05) is 11.6 Å². The van der Waals surface area contributed by atoms with E-state index in [1.54, 1.807) is 0 Å². The van der Waals surface area contributed by atoms with Crippen molar-refractivity contribution in [2.24, 2.45) is 0 Å². The Morgan fingerprint density at radius 2 is 1.88 bits per heavy atom. The summed E-state index contributed by atoms with van der Waals surface area (Å²) >= 11 is 6.10. The molecule has 9 heteroatoms. The number of benzene rings is 1. The van der Waals surface area contributed by atoms with Crippen LogP contribution in [0.3, 0.4) is 0 Å². The number of nitrogens with zero attached hydrogens (tertiary/aromatic N) is 4. The summed E-state index contributed by atoms with van der Waals surface area (Å²) in [5.41, 5.74) is 5.52. The molecule has 0 unspecified atom stereocenters. The molecule has 1 amide bonds. The molecule has 0 radical (unpaired) electrons. The minimum atomic E-state index is -0.867. The van der Waals surface area contributed by atoms with E-state index >= 15 is 0 Å². The van der Waals surface area contributed by atoms with Gasteiger partial charge in [-0.05, 0) is 12.1 Å². The Labute approximate surface area is 141 Å². The monoisotopic (exact) mass is 353 g/mol. The molecule has 0 spiro atoms. The van der Waals surface area contributed by atoms with Crippen LogP contribution in [-0.2, 0) is 0 Å². The lowest BCUT2D eigenvalue weighted by molar-refractivity contribution is 0.0741. The van der Waals surface area contributed by atoms with Gasteiger partial charge in [0, 0.05) is 32.2 Å². The zero-order valence-electron chi connectivity index (χ0n) is 12.5. The lowest BCUT2D eigenvalue weighted by Gasteiger charge is -2.35. The van der Waals surface area contributed by atoms with Gasteiger partial charge in [-0.15, -0.1) is 0 Å². The molecule has 1 aliphatic rings. The third-order valence-corrected chi connectivity index (χ3v) is 4.19. The molecular formula is C15H14ClF2N5O. The molecule has 2 heterocycles. The van der Waals surface area contributed by atoms with Crippen LogP contribution >= 0.6 is 11.6 Å². The molecule has 1 aromatic carbocycles. The second-order valence-corrected chi connectivity index (χ2v) is 5.68. The molecule has 1 aromatic heterocycles. The van der Waals surface area contributed by atoms with E-state index in [2.05, 4.69) is 9.97 Å². The number of nitrogen functional groups attached to an aromatic ring is 1. The Kier molecular flexibility index (Phi) is 4.48. The van der Waals surface area contributed by atoms with Crippen LogP contribution in [0.2, 0.25) is 5.02 Å². The largest absolute Gasteiger partial charge is 0.382 e. The Morgan fingerprint density at radius 1 is 1.17 bits per heavy atom. The van der Waals surface area contributed by atoms with Crippen molar-refractivity contribution in [1.29, 1.82) is 0 Å². The number of nitrogens with two attached hydrogens (primary N) is 1. The zero-order valence-corrected chi connectivity index (χ0v) is 13.3. The van der Waals surface area contributed by atoms with Crippen molar-refractivity contribution in [2.45, 2.75) is 0 Å². The molecule has 2 aromatic rings. The first-order chi connectivity index (χ1) is 11.5. The number of hydrogen-bond acceptors (Lipinski definition) is 5. The first-order valence-electron chi connectivity index (χ1n) is 7.22. The predicted molar refractivity (Wildman–Crippen MR) is 85.9 cm³/mol. The highest BCUT2D eigenvalue weighted by Crippen LogP contribution is 2.27. The molecule has 1 fully saturated rings. The molecule has 3 rings (SSSR count). The smallest absolute Gasteiger partial charge is 0.256 e. The van der Waals surface area contributed by atoms with E-state index in [9.17, 15) is 13.6 Å². The van der Waals surface area contributed by atoms with E-state index in [1.165, 1.54) is 11.2 Å². The second kappa shape index (κ2) is 6.56. The number of halogens is 3. The summed E-state index contributed by atoms with van der Waals surface area (Å²) in [4.78, 5) is 23.7. The van der Waals surface area contributed by atoms with Crippen molar-refractivity contribution in [3.63, 3.8) is 0 Å². The first kappa shape index (κ1) is 16.4. The van der Waals surface area contributed by atoms with Crippen molar-refractivity contribution in [3.8, 4) is 0 Å². The third kappa shape index (κ3) is 3.09. The Hall–Kier alpha value is -2.48. The average molecular weight is 354 g/mol. The number of rotatable bonds is 2. The van der Waals surface area contributed by atoms with Crippen LogP contribution in [0.5, 0.6) is 0 Å². The topological polar surface area (TPSA) is 75.3 Å². The van der Waals surface area contributed by atoms with Gasteiger partial charge >= 0.3 is 0 Å². The standard InChI is InChI=1S/C15H14ClF2N5O/c16-12-13(19)20-8-21-14(12)22-3-5-23(6-4-22)15(24)10-2-1-9(17)7-11(10)18/h1-2,7-8H,3-6H2,(H2,19,20,21). The lowest BCUT2D eigenvalue weighted by atomic mass is 10.1. The predicted octanol–water partition coefficient (Wildman–Crippen LogP) is 1.95. The van der Waals surface area contributed by atoms with Crippen molar-refractivity contribution < 1.29 is 13.6 Å². The fraction of sp³-hybridized carbons (Fsp3) is 0.267. The quantitative estimate of drug-likeness (QED) is 0.893. The average Bonchev–Trinajstić information content (AvgIpc) is 2.57. The summed E-state index contributed by atoms with van der Waals surface area (Å²) in [7, 11) is 0. The minimum Gasteiger partial charge on any atom is -0.382 e. The number of aromatic nitrogens is 2. The SMILES string of the molecule is Nc1ncnc(N2CCN(C(=O)c3ccc(F)cc3F)CC2)c1Cl. The summed E-state index contributed by atoms with van der Waals surface area (Å²) in [6, 6.07) is 2.92. The fourth-order valence-electron chi connectivity index (χ4n) is 2.55. The molecule has 0 atom stereocenters. The molecule has 1 aliphatic heterocycles. The van der Waals surface area contributed by atoms with Gasteiger partial charge in [-0.25, -0.2) is 18.7 Å². The zero-order chi connectivity index (χ0) is 17.3. The van der Waals surface area contributed by atoms with Crippen LogP contribution in [0.4, 0.5) is 20.4 Å². The van der Waals surface area contributed by atoms with Crippen molar-refractivity contribution in [1.82, 2.24) is 14.9 Å². The van der Waals surface area contributed by atoms with Gasteiger partial charge in [-0.2, -0.15) is 0 Å². The van der Waals surface area contributed by atoms with Crippen LogP contribution in [0, 0.1) is 11.6 Å². The van der Waals surface area contributed by atoms with Gasteiger partial charge in [0.2, 0.25) is 0 Å². The highest BCUT2D eigenvalue weighted by Gasteiger charge is 2.26. The van der Waals surface area contributed by atoms with Gasteiger partial charge in [-0.3, -0.25) is 4.79 Å². The molecule has 1 saturated heterocycles. The van der Waals surface area contributed by atoms with E-state index in [4.69, 9.17) is 17.3 Å². The van der Waals surface area contributed by atoms with E-state index in [-0.39, 0.29) is 16.4 Å². The van der Waals surface area contributed by atoms with E-state index in [0.29, 0.717) is 38.1 Å². The molecular weight excluding hydrogens is 340 g/mol. The number of hydrogen-bond donors (Lipinski definition) is 1. The van der Waals surface area contributed by atoms with Crippen molar-refractivity contribution in [2.75, 3.05) is 36.8 Å². The minimum absolute atomic E-state index is 0.144. The molecule has 2 N–H and O–H groups in total. The molecule has 126 valence electrons. The number of carbonyl (C=O) groups is 1. The second-order valence-electron chi connectivity index (χ2n) is 5.30. The van der Waals surface area contributed by atoms with E-state index in [1.807, 2.05) is 4.90 Å². The maximum atomic E-state index is 13.7. The van der Waals surface area contributed by atoms with Crippen molar-refractivity contribution >= 4 is 29.1 Å². The summed E-state index contributed by atoms with van der Waals surface area (Å²) in [5.74, 6) is -1.36. The van der Waals surface area contributed by atoms with Gasteiger partial charge in [0.15, 0.2) is 5.82 Å². The molecule has 6 nitrogen and oxygen atoms in total. The lowest BCUT2D eigenvalue weighted by Crippen LogP contribution is -2.49. The molecule has 0 bridgehead atoms. The highest BCUT2D eigenvalue weighted by atomic mass is 35.5. The normalized spacial score (nSPS) is 14.8. The summed E-state index contributed by atoms with van der Waals surface area (Å²) < 4.78 is 26.7. The Morgan fingerprint density at radius 3 is 2.54 bits per heavy atom. The molecule has 24 heavy (non-hydrogen) atoms. The summed E-state index contributed by atoms with van der Waals surface area (Å²) in [6.07, 6.45) is 1.32. The number of carbonyl (C=O) groups excluding carboxylic acids is 1.